The van der Waals surface area contributed by atoms with Crippen molar-refractivity contribution in [2.45, 2.75) is 17.0 Å². The van der Waals surface area contributed by atoms with Gasteiger partial charge in [-0.2, -0.15) is 4.72 Å². The van der Waals surface area contributed by atoms with E-state index in [4.69, 9.17) is 0 Å². The average molecular weight is 413 g/mol. The van der Waals surface area contributed by atoms with Gasteiger partial charge in [0.2, 0.25) is 10.0 Å². The van der Waals surface area contributed by atoms with Gasteiger partial charge in [0.1, 0.15) is 11.5 Å². The molecule has 0 saturated carbocycles. The summed E-state index contributed by atoms with van der Waals surface area (Å²) in [5.74, 6) is -0.939. The number of ketones is 1. The number of aliphatic hydroxyl groups is 2. The van der Waals surface area contributed by atoms with Gasteiger partial charge in [-0.3, -0.25) is 4.79 Å². The van der Waals surface area contributed by atoms with Crippen LogP contribution in [0.3, 0.4) is 0 Å². The maximum Gasteiger partial charge on any atom is 0.243 e. The Bertz CT molecular complexity index is 1100. The Morgan fingerprint density at radius 2 is 1.66 bits per heavy atom. The van der Waals surface area contributed by atoms with Crippen molar-refractivity contribution in [2.24, 2.45) is 0 Å². The first-order valence-corrected chi connectivity index (χ1v) is 10.1. The Labute approximate surface area is 168 Å². The molecular formula is C21H19NO6S. The van der Waals surface area contributed by atoms with Crippen LogP contribution in [0.5, 0.6) is 5.75 Å². The molecule has 0 radical (unpaired) electrons. The first-order chi connectivity index (χ1) is 13.7. The van der Waals surface area contributed by atoms with E-state index in [9.17, 15) is 28.5 Å². The Hall–Kier alpha value is -3.20. The summed E-state index contributed by atoms with van der Waals surface area (Å²) in [6.45, 7) is 0. The van der Waals surface area contributed by atoms with E-state index >= 15 is 0 Å². The fraction of sp³-hybridized carbons (Fsp3) is 0.0952. The van der Waals surface area contributed by atoms with Gasteiger partial charge >= 0.3 is 0 Å². The molecule has 0 spiro atoms. The summed E-state index contributed by atoms with van der Waals surface area (Å²) in [4.78, 5) is 12.0. The number of aliphatic hydroxyl groups excluding tert-OH is 1. The molecule has 0 saturated heterocycles. The molecule has 0 heterocycles. The lowest BCUT2D eigenvalue weighted by Gasteiger charge is -2.30. The molecule has 2 aromatic rings. The zero-order valence-electron chi connectivity index (χ0n) is 15.2. The highest BCUT2D eigenvalue weighted by atomic mass is 32.2. The van der Waals surface area contributed by atoms with Gasteiger partial charge in [0, 0.05) is 12.0 Å². The molecule has 0 aromatic heterocycles. The number of rotatable bonds is 6. The van der Waals surface area contributed by atoms with Crippen LogP contribution in [0.15, 0.2) is 95.1 Å². The number of aromatic hydroxyl groups is 1. The maximum atomic E-state index is 12.5. The fourth-order valence-corrected chi connectivity index (χ4v) is 3.99. The minimum Gasteiger partial charge on any atom is -0.508 e. The third-order valence-electron chi connectivity index (χ3n) is 4.30. The summed E-state index contributed by atoms with van der Waals surface area (Å²) in [6.07, 6.45) is 5.12. The highest BCUT2D eigenvalue weighted by Gasteiger charge is 2.39. The molecule has 1 aliphatic carbocycles. The van der Waals surface area contributed by atoms with Gasteiger partial charge in [0.15, 0.2) is 11.5 Å². The van der Waals surface area contributed by atoms with Gasteiger partial charge in [-0.1, -0.05) is 42.5 Å². The number of carbonyl (C=O) groups excluding carboxylic acids is 1. The number of phenols is 1. The van der Waals surface area contributed by atoms with Crippen molar-refractivity contribution in [3.8, 4) is 5.75 Å². The number of benzene rings is 2. The van der Waals surface area contributed by atoms with E-state index in [1.165, 1.54) is 42.5 Å². The standard InChI is InChI=1S/C21H19NO6S/c23-17-8-10-18(11-9-17)29(27,28)22-21(26)14-15(7-13-20(21)25)6-12-19(24)16-4-2-1-3-5-16/h1-13,22-23,25-26H,14H2/b12-6+. The molecule has 0 amide bonds. The lowest BCUT2D eigenvalue weighted by Crippen LogP contribution is -2.50. The Kier molecular flexibility index (Phi) is 5.69. The van der Waals surface area contributed by atoms with Crippen molar-refractivity contribution in [1.82, 2.24) is 4.72 Å². The van der Waals surface area contributed by atoms with Crippen molar-refractivity contribution in [3.05, 3.63) is 95.8 Å². The summed E-state index contributed by atoms with van der Waals surface area (Å²) >= 11 is 0. The monoisotopic (exact) mass is 413 g/mol. The minimum absolute atomic E-state index is 0.110. The van der Waals surface area contributed by atoms with Gasteiger partial charge in [0.25, 0.3) is 0 Å². The van der Waals surface area contributed by atoms with E-state index in [2.05, 4.69) is 4.72 Å². The molecule has 0 bridgehead atoms. The molecule has 8 heteroatoms. The first kappa shape index (κ1) is 20.5. The van der Waals surface area contributed by atoms with Gasteiger partial charge in [0.05, 0.1) is 4.90 Å². The normalized spacial score (nSPS) is 19.6. The van der Waals surface area contributed by atoms with Crippen LogP contribution in [0.2, 0.25) is 0 Å². The van der Waals surface area contributed by atoms with Crippen molar-refractivity contribution in [3.63, 3.8) is 0 Å². The molecule has 1 aliphatic rings. The first-order valence-electron chi connectivity index (χ1n) is 8.63. The largest absolute Gasteiger partial charge is 0.508 e. The van der Waals surface area contributed by atoms with E-state index < -0.39 is 21.5 Å². The number of nitrogens with one attached hydrogen (secondary N) is 1. The second-order valence-corrected chi connectivity index (χ2v) is 8.18. The molecule has 1 atom stereocenters. The quantitative estimate of drug-likeness (QED) is 0.328. The molecule has 3 rings (SSSR count). The van der Waals surface area contributed by atoms with Crippen molar-refractivity contribution in [1.29, 1.82) is 0 Å². The van der Waals surface area contributed by atoms with Crippen LogP contribution in [0.25, 0.3) is 0 Å². The second-order valence-electron chi connectivity index (χ2n) is 6.49. The molecule has 150 valence electrons. The number of hydrogen-bond donors (Lipinski definition) is 4. The lowest BCUT2D eigenvalue weighted by molar-refractivity contribution is 0.0241. The predicted molar refractivity (Wildman–Crippen MR) is 107 cm³/mol. The van der Waals surface area contributed by atoms with Crippen LogP contribution < -0.4 is 4.72 Å². The fourth-order valence-electron chi connectivity index (χ4n) is 2.76. The average Bonchev–Trinajstić information content (AvgIpc) is 2.69. The van der Waals surface area contributed by atoms with Gasteiger partial charge in [-0.15, -0.1) is 0 Å². The zero-order valence-corrected chi connectivity index (χ0v) is 16.0. The molecule has 7 nitrogen and oxygen atoms in total. The maximum absolute atomic E-state index is 12.5. The second kappa shape index (κ2) is 8.04. The molecule has 29 heavy (non-hydrogen) atoms. The Morgan fingerprint density at radius 1 is 1.00 bits per heavy atom. The van der Waals surface area contributed by atoms with Gasteiger partial charge < -0.3 is 15.3 Å². The molecule has 1 unspecified atom stereocenters. The van der Waals surface area contributed by atoms with Crippen molar-refractivity contribution in [2.75, 3.05) is 0 Å². The van der Waals surface area contributed by atoms with E-state index in [1.807, 2.05) is 0 Å². The van der Waals surface area contributed by atoms with Crippen molar-refractivity contribution < 1.29 is 28.5 Å². The van der Waals surface area contributed by atoms with E-state index in [1.54, 1.807) is 30.3 Å². The number of carbonyl (C=O) groups is 1. The summed E-state index contributed by atoms with van der Waals surface area (Å²) in [5, 5.41) is 30.1. The zero-order chi connectivity index (χ0) is 21.1. The van der Waals surface area contributed by atoms with Gasteiger partial charge in [-0.25, -0.2) is 8.42 Å². The SMILES string of the molecule is O=C(/C=C/C1=CC=C(O)C(O)(NS(=O)(=O)c2ccc(O)cc2)C1)c1ccccc1. The van der Waals surface area contributed by atoms with Crippen LogP contribution in [-0.2, 0) is 10.0 Å². The molecule has 2 aromatic carbocycles. The molecule has 4 N–H and O–H groups in total. The van der Waals surface area contributed by atoms with E-state index in [0.29, 0.717) is 11.1 Å². The highest BCUT2D eigenvalue weighted by Crippen LogP contribution is 2.29. The van der Waals surface area contributed by atoms with Crippen molar-refractivity contribution >= 4 is 15.8 Å². The van der Waals surface area contributed by atoms with E-state index in [0.717, 1.165) is 6.08 Å². The summed E-state index contributed by atoms with van der Waals surface area (Å²) < 4.78 is 27.1. The van der Waals surface area contributed by atoms with Crippen LogP contribution in [-0.4, -0.2) is 35.2 Å². The van der Waals surface area contributed by atoms with Crippen LogP contribution >= 0.6 is 0 Å². The van der Waals surface area contributed by atoms with Crippen LogP contribution in [0.1, 0.15) is 16.8 Å². The predicted octanol–water partition coefficient (Wildman–Crippen LogP) is 2.57. The smallest absolute Gasteiger partial charge is 0.243 e. The van der Waals surface area contributed by atoms with E-state index in [-0.39, 0.29) is 22.8 Å². The third-order valence-corrected chi connectivity index (χ3v) is 5.80. The third kappa shape index (κ3) is 4.80. The molecule has 0 fully saturated rings. The summed E-state index contributed by atoms with van der Waals surface area (Å²) in [7, 11) is -4.20. The number of sulfonamides is 1. The Balaban J connectivity index is 1.78. The van der Waals surface area contributed by atoms with Gasteiger partial charge in [-0.05, 0) is 42.0 Å². The molecule has 0 aliphatic heterocycles. The lowest BCUT2D eigenvalue weighted by atomic mass is 9.95. The van der Waals surface area contributed by atoms with Crippen LogP contribution in [0.4, 0.5) is 0 Å². The van der Waals surface area contributed by atoms with Crippen LogP contribution in [0, 0.1) is 0 Å². The summed E-state index contributed by atoms with van der Waals surface area (Å²) in [5.41, 5.74) is -1.36. The molecular weight excluding hydrogens is 394 g/mol. The number of phenolic OH excluding ortho intramolecular Hbond substituents is 1. The minimum atomic E-state index is -4.20. The highest BCUT2D eigenvalue weighted by molar-refractivity contribution is 7.89. The Morgan fingerprint density at radius 3 is 2.31 bits per heavy atom. The topological polar surface area (TPSA) is 124 Å². The number of hydrogen-bond acceptors (Lipinski definition) is 6. The number of allylic oxidation sites excluding steroid dienone is 4. The summed E-state index contributed by atoms with van der Waals surface area (Å²) in [6, 6.07) is 13.3.